The molecule has 4 aliphatic rings. The zero-order chi connectivity index (χ0) is 69.1. The summed E-state index contributed by atoms with van der Waals surface area (Å²) in [6, 6.07) is 63.7. The van der Waals surface area contributed by atoms with Gasteiger partial charge in [0.2, 0.25) is 22.8 Å². The first kappa shape index (κ1) is 63.5. The molecule has 0 spiro atoms. The van der Waals surface area contributed by atoms with Crippen LogP contribution in [0, 0.1) is 52.1 Å². The van der Waals surface area contributed by atoms with Crippen molar-refractivity contribution in [2.45, 2.75) is 112 Å². The first-order valence-electron chi connectivity index (χ1n) is 33.9. The molecule has 0 aliphatic heterocycles. The summed E-state index contributed by atoms with van der Waals surface area (Å²) < 4.78 is 59.8. The van der Waals surface area contributed by atoms with Crippen molar-refractivity contribution in [3.05, 3.63) is 309 Å². The SMILES string of the molecule is Cc1cc2c(cc1-c1cccc[n+]1C)C(C)(C)c1cc(F)ccc1-2.Cc1cc2c(cc1-c1cccc[n+]1C)C(C)(C)c1ccc(F)cc1-2.Cc1cc2c(cc1-c1cccc[n+]1C)C(C)(C)c1cccc(F)c1-2.[2H]c1c(-c2ccc(C)c[n+]2C)c(C)cc2c1C(C)(C)c1ccccc1-2. The number of hydrogen-bond acceptors (Lipinski definition) is 0. The van der Waals surface area contributed by atoms with Crippen LogP contribution in [0.3, 0.4) is 0 Å². The summed E-state index contributed by atoms with van der Waals surface area (Å²) in [5, 5.41) is 0. The lowest BCUT2D eigenvalue weighted by molar-refractivity contribution is -0.660. The molecular formula is C89H87F3N4+4. The van der Waals surface area contributed by atoms with Gasteiger partial charge in [0.25, 0.3) is 0 Å². The fraction of sp³-hybridized carbons (Fsp3) is 0.236. The van der Waals surface area contributed by atoms with Crippen LogP contribution in [0.25, 0.3) is 89.5 Å². The molecule has 0 amide bonds. The van der Waals surface area contributed by atoms with Gasteiger partial charge in [0.1, 0.15) is 45.6 Å². The molecule has 16 rings (SSSR count). The molecule has 0 saturated carbocycles. The number of benzene rings is 8. The minimum atomic E-state index is -0.192. The van der Waals surface area contributed by atoms with E-state index in [1.54, 1.807) is 30.3 Å². The smallest absolute Gasteiger partial charge is 0.207 e. The van der Waals surface area contributed by atoms with E-state index in [0.29, 0.717) is 6.04 Å². The molecule has 0 N–H and O–H groups in total. The maximum atomic E-state index is 14.5. The van der Waals surface area contributed by atoms with Gasteiger partial charge in [-0.15, -0.1) is 0 Å². The van der Waals surface area contributed by atoms with Crippen LogP contribution in [-0.4, -0.2) is 0 Å². The molecule has 4 aromatic heterocycles. The van der Waals surface area contributed by atoms with Crippen molar-refractivity contribution in [2.75, 3.05) is 0 Å². The Morgan fingerprint density at radius 3 is 1.23 bits per heavy atom. The highest BCUT2D eigenvalue weighted by Gasteiger charge is 2.41. The second-order valence-electron chi connectivity index (χ2n) is 29.1. The maximum Gasteiger partial charge on any atom is 0.212 e. The van der Waals surface area contributed by atoms with Gasteiger partial charge in [-0.2, -0.15) is 0 Å². The Morgan fingerprint density at radius 1 is 0.292 bits per heavy atom. The minimum Gasteiger partial charge on any atom is -0.207 e. The quantitative estimate of drug-likeness (QED) is 0.156. The Hall–Kier alpha value is -9.85. The molecule has 0 radical (unpaired) electrons. The predicted molar refractivity (Wildman–Crippen MR) is 386 cm³/mol. The molecule has 96 heavy (non-hydrogen) atoms. The molecule has 0 unspecified atom stereocenters. The average molecular weight is 1270 g/mol. The second-order valence-corrected chi connectivity index (χ2v) is 29.1. The minimum absolute atomic E-state index is 0.117. The summed E-state index contributed by atoms with van der Waals surface area (Å²) in [6.45, 7) is 28.3. The summed E-state index contributed by atoms with van der Waals surface area (Å²) in [5.41, 5.74) is 33.2. The van der Waals surface area contributed by atoms with Crippen LogP contribution in [-0.2, 0) is 49.9 Å². The summed E-state index contributed by atoms with van der Waals surface area (Å²) >= 11 is 0. The Morgan fingerprint density at radius 2 is 0.677 bits per heavy atom. The number of halogens is 3. The summed E-state index contributed by atoms with van der Waals surface area (Å²) in [5.74, 6) is -0.466. The van der Waals surface area contributed by atoms with Gasteiger partial charge in [-0.3, -0.25) is 0 Å². The number of aryl methyl sites for hydroxylation is 9. The van der Waals surface area contributed by atoms with Crippen LogP contribution >= 0.6 is 0 Å². The van der Waals surface area contributed by atoms with Crippen LogP contribution in [0.2, 0.25) is 0 Å². The lowest BCUT2D eigenvalue weighted by Gasteiger charge is -2.22. The number of fused-ring (bicyclic) bond motifs is 12. The van der Waals surface area contributed by atoms with E-state index in [9.17, 15) is 13.2 Å². The number of rotatable bonds is 4. The van der Waals surface area contributed by atoms with Gasteiger partial charge < -0.3 is 0 Å². The van der Waals surface area contributed by atoms with Gasteiger partial charge in [0.15, 0.2) is 24.8 Å². The van der Waals surface area contributed by atoms with Crippen LogP contribution in [0.15, 0.2) is 219 Å². The largest absolute Gasteiger partial charge is 0.212 e. The van der Waals surface area contributed by atoms with E-state index >= 15 is 0 Å². The van der Waals surface area contributed by atoms with E-state index in [0.717, 1.165) is 61.3 Å². The molecule has 8 aromatic carbocycles. The molecule has 4 heterocycles. The molecule has 12 aromatic rings. The maximum absolute atomic E-state index is 14.5. The highest BCUT2D eigenvalue weighted by Crippen LogP contribution is 2.55. The van der Waals surface area contributed by atoms with E-state index in [-0.39, 0.29) is 39.1 Å². The molecule has 480 valence electrons. The molecule has 4 aliphatic carbocycles. The van der Waals surface area contributed by atoms with Crippen molar-refractivity contribution >= 4 is 0 Å². The first-order chi connectivity index (χ1) is 46.0. The van der Waals surface area contributed by atoms with Gasteiger partial charge in [-0.05, 0) is 219 Å². The molecule has 7 heteroatoms. The molecule has 0 fully saturated rings. The summed E-state index contributed by atoms with van der Waals surface area (Å²) in [6.07, 6.45) is 8.32. The van der Waals surface area contributed by atoms with Gasteiger partial charge in [-0.25, -0.2) is 31.4 Å². The molecule has 0 saturated heterocycles. The van der Waals surface area contributed by atoms with Crippen LogP contribution in [0.5, 0.6) is 0 Å². The summed E-state index contributed by atoms with van der Waals surface area (Å²) in [4.78, 5) is 0. The van der Waals surface area contributed by atoms with Crippen molar-refractivity contribution in [3.8, 4) is 89.5 Å². The Bertz CT molecular complexity index is 5220. The predicted octanol–water partition coefficient (Wildman–Crippen LogP) is 19.9. The van der Waals surface area contributed by atoms with E-state index in [2.05, 4.69) is 283 Å². The normalized spacial score (nSPS) is 14.5. The molecule has 0 atom stereocenters. The fourth-order valence-corrected chi connectivity index (χ4v) is 15.9. The van der Waals surface area contributed by atoms with Crippen molar-refractivity contribution in [1.29, 1.82) is 0 Å². The van der Waals surface area contributed by atoms with Gasteiger partial charge in [-0.1, -0.05) is 128 Å². The third kappa shape index (κ3) is 10.9. The highest BCUT2D eigenvalue weighted by atomic mass is 19.1. The van der Waals surface area contributed by atoms with E-state index in [4.69, 9.17) is 1.37 Å². The van der Waals surface area contributed by atoms with Crippen molar-refractivity contribution < 1.29 is 32.8 Å². The van der Waals surface area contributed by atoms with E-state index in [1.165, 1.54) is 101 Å². The number of hydrogen-bond donors (Lipinski definition) is 0. The van der Waals surface area contributed by atoms with Gasteiger partial charge >= 0.3 is 0 Å². The Balaban J connectivity index is 0.000000117. The van der Waals surface area contributed by atoms with Crippen molar-refractivity contribution in [2.24, 2.45) is 28.2 Å². The third-order valence-corrected chi connectivity index (χ3v) is 21.3. The van der Waals surface area contributed by atoms with Crippen LogP contribution in [0.4, 0.5) is 13.2 Å². The number of pyridine rings is 4. The average Bonchev–Trinajstić information content (AvgIpc) is 1.60. The first-order valence-corrected chi connectivity index (χ1v) is 33.4. The lowest BCUT2D eigenvalue weighted by atomic mass is 9.81. The second kappa shape index (κ2) is 24.1. The molecular weight excluding hydrogens is 1180 g/mol. The molecule has 0 bridgehead atoms. The van der Waals surface area contributed by atoms with Gasteiger partial charge in [0.05, 0.1) is 1.37 Å². The Kier molecular flexibility index (Phi) is 16.0. The van der Waals surface area contributed by atoms with Crippen molar-refractivity contribution in [1.82, 2.24) is 0 Å². The molecule has 4 nitrogen and oxygen atoms in total. The standard InChI is InChI=1S/C23H24N.3C22H21FN/c1-15-10-11-22(24(5)14-15)18-13-21-19(12-16(18)2)17-8-6-7-9-20(17)23(21,3)4;1-14-12-16-18(13-15(14)20-10-5-6-11-24(20)4)22(2,3)17-8-7-9-19(23)21(16)17;1-14-11-17-18-12-15(23)8-9-19(18)22(2,3)20(17)13-16(14)21-7-5-6-10-24(21)4;1-14-11-18-16-9-8-15(23)12-19(16)22(2,3)20(18)13-17(14)21-7-5-6-10-24(21)4/h6-14H,1-5H3;3*5-13H,1-4H3/q4*+1/i13D;;;. The van der Waals surface area contributed by atoms with Crippen LogP contribution < -0.4 is 18.3 Å². The van der Waals surface area contributed by atoms with Crippen molar-refractivity contribution in [3.63, 3.8) is 0 Å². The Labute approximate surface area is 567 Å². The van der Waals surface area contributed by atoms with Crippen LogP contribution in [0.1, 0.15) is 129 Å². The van der Waals surface area contributed by atoms with E-state index < -0.39 is 0 Å². The monoisotopic (exact) mass is 1270 g/mol. The van der Waals surface area contributed by atoms with Gasteiger partial charge in [0, 0.05) is 97.5 Å². The summed E-state index contributed by atoms with van der Waals surface area (Å²) in [7, 11) is 8.25. The number of nitrogens with zero attached hydrogens (tertiary/aromatic N) is 4. The third-order valence-electron chi connectivity index (χ3n) is 21.3. The number of aromatic nitrogens is 4. The fourth-order valence-electron chi connectivity index (χ4n) is 15.9. The zero-order valence-electron chi connectivity index (χ0n) is 59.6. The highest BCUT2D eigenvalue weighted by molar-refractivity contribution is 5.88. The van der Waals surface area contributed by atoms with E-state index in [1.807, 2.05) is 36.4 Å². The topological polar surface area (TPSA) is 15.5 Å². The zero-order valence-corrected chi connectivity index (χ0v) is 58.6. The lowest BCUT2D eigenvalue weighted by Crippen LogP contribution is -2.31.